The Hall–Kier alpha value is -3.35. The molecule has 9 nitrogen and oxygen atoms in total. The van der Waals surface area contributed by atoms with Crippen molar-refractivity contribution in [1.29, 1.82) is 0 Å². The topological polar surface area (TPSA) is 74.8 Å². The van der Waals surface area contributed by atoms with Gasteiger partial charge in [0.2, 0.25) is 0 Å². The number of benzene rings is 2. The number of urea groups is 1. The molecule has 2 aromatic heterocycles. The van der Waals surface area contributed by atoms with Gasteiger partial charge in [0.1, 0.15) is 24.8 Å². The molecule has 0 saturated carbocycles. The number of likely N-dealkylation sites (tertiary alicyclic amines) is 1. The number of para-hydroxylation sites is 2. The van der Waals surface area contributed by atoms with Crippen molar-refractivity contribution in [1.82, 2.24) is 14.5 Å². The van der Waals surface area contributed by atoms with E-state index >= 15 is 0 Å². The molecule has 1 unspecified atom stereocenters. The Bertz CT molecular complexity index is 1370. The zero-order chi connectivity index (χ0) is 28.3. The van der Waals surface area contributed by atoms with Crippen molar-refractivity contribution in [2.45, 2.75) is 25.3 Å². The summed E-state index contributed by atoms with van der Waals surface area (Å²) in [5, 5.41) is 0. The molecule has 1 aliphatic heterocycles. The fourth-order valence-electron chi connectivity index (χ4n) is 4.50. The lowest BCUT2D eigenvalue weighted by atomic mass is 10.0. The van der Waals surface area contributed by atoms with Gasteiger partial charge in [0, 0.05) is 38.2 Å². The largest absolute Gasteiger partial charge is 1.00 e. The Balaban J connectivity index is 0.000000430. The zero-order valence-electron chi connectivity index (χ0n) is 24.5. The van der Waals surface area contributed by atoms with Crippen LogP contribution in [0.15, 0.2) is 104 Å². The minimum atomic E-state index is -0.0770. The molecule has 0 bridgehead atoms. The molecule has 43 heavy (non-hydrogen) atoms. The number of pyridine rings is 1. The summed E-state index contributed by atoms with van der Waals surface area (Å²) in [4.78, 5) is 34.3. The number of hydrogen-bond acceptors (Lipinski definition) is 4. The van der Waals surface area contributed by atoms with Gasteiger partial charge in [-0.25, -0.2) is 14.2 Å². The summed E-state index contributed by atoms with van der Waals surface area (Å²) < 4.78 is 9.22. The number of anilines is 2. The van der Waals surface area contributed by atoms with Crippen molar-refractivity contribution < 1.29 is 42.9 Å². The van der Waals surface area contributed by atoms with Crippen LogP contribution < -0.4 is 43.1 Å². The first-order chi connectivity index (χ1) is 19.4. The van der Waals surface area contributed by atoms with E-state index in [0.29, 0.717) is 6.61 Å². The minimum absolute atomic E-state index is 0. The van der Waals surface area contributed by atoms with Crippen LogP contribution in [0, 0.1) is 0 Å². The summed E-state index contributed by atoms with van der Waals surface area (Å²) in [6, 6.07) is 23.1. The average Bonchev–Trinajstić information content (AvgIpc) is 3.46. The van der Waals surface area contributed by atoms with Gasteiger partial charge in [-0.15, -0.1) is 24.8 Å². The van der Waals surface area contributed by atoms with Crippen molar-refractivity contribution in [3.63, 3.8) is 0 Å². The van der Waals surface area contributed by atoms with Crippen LogP contribution in [0.4, 0.5) is 21.0 Å². The number of nitrogens with zero attached hydrogens (tertiary/aromatic N) is 6. The van der Waals surface area contributed by atoms with Crippen molar-refractivity contribution in [2.24, 2.45) is 7.05 Å². The number of imidazole rings is 1. The first-order valence-electron chi connectivity index (χ1n) is 13.4. The van der Waals surface area contributed by atoms with E-state index in [2.05, 4.69) is 4.98 Å². The molecule has 0 spiro atoms. The number of hydrogen-bond donors (Lipinski definition) is 0. The van der Waals surface area contributed by atoms with Crippen molar-refractivity contribution in [2.75, 3.05) is 37.0 Å². The van der Waals surface area contributed by atoms with Crippen LogP contribution in [0.25, 0.3) is 0 Å². The van der Waals surface area contributed by atoms with E-state index in [1.54, 1.807) is 46.3 Å². The predicted molar refractivity (Wildman–Crippen MR) is 170 cm³/mol. The normalized spacial score (nSPS) is 13.5. The second-order valence-corrected chi connectivity index (χ2v) is 9.68. The molecule has 232 valence electrons. The maximum Gasteiger partial charge on any atom is 0.419 e. The molecule has 2 aromatic carbocycles. The van der Waals surface area contributed by atoms with Crippen molar-refractivity contribution in [3.05, 3.63) is 104 Å². The van der Waals surface area contributed by atoms with Crippen LogP contribution >= 0.6 is 24.8 Å². The SMILES string of the molecule is CN(C(=O)N1CCCCC1COc1cccnc1)c1ccccc1.CN(C(=O)n1cc[n+](C)c1)c1ccccc1.Cl.Cl.[I-]. The monoisotopic (exact) mass is 740 g/mol. The second kappa shape index (κ2) is 19.0. The fraction of sp³-hybridized carbons (Fsp3) is 0.290. The Morgan fingerprint density at radius 3 is 2.05 bits per heavy atom. The molecular formula is C31H39Cl2IN6O3. The van der Waals surface area contributed by atoms with Gasteiger partial charge in [0.05, 0.1) is 19.3 Å². The van der Waals surface area contributed by atoms with Gasteiger partial charge in [-0.05, 0) is 55.7 Å². The molecule has 1 atom stereocenters. The second-order valence-electron chi connectivity index (χ2n) is 9.68. The predicted octanol–water partition coefficient (Wildman–Crippen LogP) is 2.84. The van der Waals surface area contributed by atoms with E-state index < -0.39 is 0 Å². The molecule has 5 rings (SSSR count). The molecule has 1 fully saturated rings. The quantitative estimate of drug-likeness (QED) is 0.233. The van der Waals surface area contributed by atoms with Crippen LogP contribution in [0.5, 0.6) is 5.75 Å². The van der Waals surface area contributed by atoms with Gasteiger partial charge < -0.3 is 33.6 Å². The molecule has 12 heteroatoms. The maximum absolute atomic E-state index is 12.9. The Kier molecular flexibility index (Phi) is 16.7. The summed E-state index contributed by atoms with van der Waals surface area (Å²) in [6.07, 6.45) is 11.9. The van der Waals surface area contributed by atoms with Gasteiger partial charge in [-0.2, -0.15) is 4.57 Å². The highest BCUT2D eigenvalue weighted by Crippen LogP contribution is 2.22. The summed E-state index contributed by atoms with van der Waals surface area (Å²) in [5.41, 5.74) is 1.78. The standard InChI is InChI=1S/C19H23N3O2.C12H14N3O.2ClH.HI/c1-21(16-8-3-2-4-9-16)19(23)22-13-6-5-10-17(22)15-24-18-11-7-12-20-14-18;1-13-8-9-15(10-13)12(16)14(2)11-6-4-3-5-7-11;;;/h2-4,7-9,11-12,14,17H,5-6,10,13,15H2,1H3;3-10H,1-2H3;3*1H/q;+1;;;/p-1. The van der Waals surface area contributed by atoms with Crippen LogP contribution in [-0.2, 0) is 7.05 Å². The molecule has 0 aliphatic carbocycles. The number of aryl methyl sites for hydroxylation is 1. The Morgan fingerprint density at radius 1 is 0.907 bits per heavy atom. The molecule has 1 aliphatic rings. The molecule has 0 N–H and O–H groups in total. The van der Waals surface area contributed by atoms with Crippen LogP contribution in [0.1, 0.15) is 19.3 Å². The molecule has 3 heterocycles. The number of carbonyl (C=O) groups excluding carboxylic acids is 2. The number of carbonyl (C=O) groups is 2. The third-order valence-corrected chi connectivity index (χ3v) is 6.80. The lowest BCUT2D eigenvalue weighted by Gasteiger charge is -2.37. The summed E-state index contributed by atoms with van der Waals surface area (Å²) in [6.45, 7) is 1.27. The molecule has 3 amide bonds. The molecule has 1 saturated heterocycles. The van der Waals surface area contributed by atoms with Gasteiger partial charge in [0.15, 0.2) is 0 Å². The summed E-state index contributed by atoms with van der Waals surface area (Å²) >= 11 is 0. The van der Waals surface area contributed by atoms with Gasteiger partial charge in [-0.3, -0.25) is 14.8 Å². The number of ether oxygens (including phenoxy) is 1. The number of piperidine rings is 1. The van der Waals surface area contributed by atoms with E-state index in [1.807, 2.05) is 103 Å². The average molecular weight is 742 g/mol. The third kappa shape index (κ3) is 10.7. The van der Waals surface area contributed by atoms with Gasteiger partial charge >= 0.3 is 12.1 Å². The summed E-state index contributed by atoms with van der Waals surface area (Å²) in [5.74, 6) is 0.742. The van der Waals surface area contributed by atoms with E-state index in [0.717, 1.165) is 42.9 Å². The highest BCUT2D eigenvalue weighted by molar-refractivity contribution is 5.93. The maximum atomic E-state index is 12.9. The number of aromatic nitrogens is 3. The zero-order valence-corrected chi connectivity index (χ0v) is 28.3. The lowest BCUT2D eigenvalue weighted by Crippen LogP contribution is -3.00. The number of amides is 3. The molecular weight excluding hydrogens is 702 g/mol. The minimum Gasteiger partial charge on any atom is -1.00 e. The van der Waals surface area contributed by atoms with Gasteiger partial charge in [-0.1, -0.05) is 36.4 Å². The highest BCUT2D eigenvalue weighted by atomic mass is 127. The smallest absolute Gasteiger partial charge is 0.419 e. The van der Waals surface area contributed by atoms with E-state index in [1.165, 1.54) is 0 Å². The van der Waals surface area contributed by atoms with Crippen molar-refractivity contribution in [3.8, 4) is 5.75 Å². The molecule has 0 radical (unpaired) electrons. The number of halogens is 3. The van der Waals surface area contributed by atoms with E-state index in [4.69, 9.17) is 4.74 Å². The van der Waals surface area contributed by atoms with Crippen LogP contribution in [0.3, 0.4) is 0 Å². The summed E-state index contributed by atoms with van der Waals surface area (Å²) in [7, 11) is 5.47. The first kappa shape index (κ1) is 37.7. The Morgan fingerprint density at radius 2 is 1.51 bits per heavy atom. The first-order valence-corrected chi connectivity index (χ1v) is 13.4. The number of rotatable bonds is 5. The van der Waals surface area contributed by atoms with Crippen LogP contribution in [0.2, 0.25) is 0 Å². The Labute approximate surface area is 283 Å². The third-order valence-electron chi connectivity index (χ3n) is 6.80. The lowest BCUT2D eigenvalue weighted by molar-refractivity contribution is -0.670. The van der Waals surface area contributed by atoms with E-state index in [-0.39, 0.29) is 66.9 Å². The van der Waals surface area contributed by atoms with Gasteiger partial charge in [0.25, 0.3) is 6.33 Å². The molecule has 4 aromatic rings. The highest BCUT2D eigenvalue weighted by Gasteiger charge is 2.29. The fourth-order valence-corrected chi connectivity index (χ4v) is 4.50. The van der Waals surface area contributed by atoms with Crippen molar-refractivity contribution >= 4 is 48.3 Å². The van der Waals surface area contributed by atoms with E-state index in [9.17, 15) is 9.59 Å². The van der Waals surface area contributed by atoms with Crippen LogP contribution in [-0.4, -0.2) is 59.8 Å².